The molecule has 0 aromatic heterocycles. The van der Waals surface area contributed by atoms with E-state index in [1.807, 2.05) is 24.3 Å². The van der Waals surface area contributed by atoms with Gasteiger partial charge in [0.05, 0.1) is 6.61 Å². The molecule has 0 bridgehead atoms. The molecule has 0 aliphatic carbocycles. The van der Waals surface area contributed by atoms with Crippen molar-refractivity contribution in [3.63, 3.8) is 0 Å². The van der Waals surface area contributed by atoms with Gasteiger partial charge in [0.2, 0.25) is 0 Å². The van der Waals surface area contributed by atoms with Crippen LogP contribution in [0, 0.1) is 0 Å². The first kappa shape index (κ1) is 19.3. The second kappa shape index (κ2) is 11.5. The topological polar surface area (TPSA) is 47.3 Å². The molecule has 0 atom stereocenters. The van der Waals surface area contributed by atoms with Crippen molar-refractivity contribution in [3.05, 3.63) is 60.2 Å². The number of hydrogen-bond acceptors (Lipinski definition) is 2. The minimum Gasteiger partial charge on any atom is -0.494 e. The number of hydrogen-bond donors (Lipinski definition) is 2. The van der Waals surface area contributed by atoms with Crippen LogP contribution in [0.4, 0.5) is 5.69 Å². The van der Waals surface area contributed by atoms with E-state index in [2.05, 4.69) is 35.6 Å². The normalized spacial score (nSPS) is 10.4. The van der Waals surface area contributed by atoms with Crippen molar-refractivity contribution < 1.29 is 4.74 Å². The van der Waals surface area contributed by atoms with Gasteiger partial charge < -0.3 is 15.8 Å². The first-order valence-corrected chi connectivity index (χ1v) is 9.48. The Morgan fingerprint density at radius 1 is 0.880 bits per heavy atom. The Morgan fingerprint density at radius 3 is 2.36 bits per heavy atom. The lowest BCUT2D eigenvalue weighted by molar-refractivity contribution is 0.304. The number of ether oxygens (including phenoxy) is 1. The highest BCUT2D eigenvalue weighted by Gasteiger charge is 1.98. The number of aryl methyl sites for hydroxylation is 1. The fourth-order valence-electron chi connectivity index (χ4n) is 2.78. The third-order valence-corrected chi connectivity index (χ3v) is 4.17. The molecule has 134 valence electrons. The lowest BCUT2D eigenvalue weighted by atomic mass is 10.1. The van der Waals surface area contributed by atoms with Crippen molar-refractivity contribution in [1.82, 2.24) is 0 Å². The molecule has 3 N–H and O–H groups in total. The maximum absolute atomic E-state index is 5.79. The lowest BCUT2D eigenvalue weighted by Gasteiger charge is -2.09. The van der Waals surface area contributed by atoms with Gasteiger partial charge in [-0.25, -0.2) is 0 Å². The van der Waals surface area contributed by atoms with Gasteiger partial charge in [-0.15, -0.1) is 0 Å². The van der Waals surface area contributed by atoms with Gasteiger partial charge in [-0.1, -0.05) is 62.1 Å². The van der Waals surface area contributed by atoms with Crippen LogP contribution >= 0.6 is 12.2 Å². The average molecular weight is 357 g/mol. The third kappa shape index (κ3) is 8.54. The third-order valence-electron chi connectivity index (χ3n) is 4.07. The molecule has 0 aliphatic rings. The van der Waals surface area contributed by atoms with Crippen molar-refractivity contribution in [2.75, 3.05) is 11.9 Å². The Balaban J connectivity index is 1.49. The van der Waals surface area contributed by atoms with Crippen LogP contribution in [-0.4, -0.2) is 11.7 Å². The molecule has 2 aromatic carbocycles. The number of rotatable bonds is 11. The van der Waals surface area contributed by atoms with Gasteiger partial charge in [-0.2, -0.15) is 0 Å². The quantitative estimate of drug-likeness (QED) is 0.423. The van der Waals surface area contributed by atoms with Crippen LogP contribution in [0.15, 0.2) is 54.6 Å². The molecule has 4 heteroatoms. The summed E-state index contributed by atoms with van der Waals surface area (Å²) in [5.74, 6) is 0.851. The summed E-state index contributed by atoms with van der Waals surface area (Å²) >= 11 is 4.84. The zero-order valence-electron chi connectivity index (χ0n) is 14.7. The number of unbranched alkanes of at least 4 members (excludes halogenated alkanes) is 5. The highest BCUT2D eigenvalue weighted by molar-refractivity contribution is 7.80. The molecule has 0 saturated heterocycles. The molecule has 0 radical (unpaired) electrons. The SMILES string of the molecule is NC(=S)Nc1cccc(OCCCCCCCCc2ccccc2)c1. The van der Waals surface area contributed by atoms with Crippen molar-refractivity contribution in [2.45, 2.75) is 44.9 Å². The molecule has 0 spiro atoms. The smallest absolute Gasteiger partial charge is 0.168 e. The van der Waals surface area contributed by atoms with Crippen LogP contribution in [0.5, 0.6) is 5.75 Å². The van der Waals surface area contributed by atoms with E-state index in [-0.39, 0.29) is 5.11 Å². The molecule has 0 amide bonds. The Labute approximate surface area is 156 Å². The molecule has 0 saturated carbocycles. The zero-order chi connectivity index (χ0) is 17.7. The van der Waals surface area contributed by atoms with Crippen molar-refractivity contribution in [1.29, 1.82) is 0 Å². The Hall–Kier alpha value is -2.07. The summed E-state index contributed by atoms with van der Waals surface area (Å²) < 4.78 is 5.79. The second-order valence-corrected chi connectivity index (χ2v) is 6.66. The second-order valence-electron chi connectivity index (χ2n) is 6.22. The highest BCUT2D eigenvalue weighted by atomic mass is 32.1. The fraction of sp³-hybridized carbons (Fsp3) is 0.381. The number of nitrogens with two attached hydrogens (primary N) is 1. The van der Waals surface area contributed by atoms with E-state index in [0.29, 0.717) is 0 Å². The Kier molecular flexibility index (Phi) is 8.84. The predicted octanol–water partition coefficient (Wildman–Crippen LogP) is 5.30. The summed E-state index contributed by atoms with van der Waals surface area (Å²) in [5, 5.41) is 3.18. The molecule has 2 rings (SSSR count). The van der Waals surface area contributed by atoms with Crippen LogP contribution in [0.2, 0.25) is 0 Å². The van der Waals surface area contributed by atoms with Crippen molar-refractivity contribution in [2.24, 2.45) is 5.73 Å². The van der Waals surface area contributed by atoms with Gasteiger partial charge >= 0.3 is 0 Å². The molecule has 0 unspecified atom stereocenters. The highest BCUT2D eigenvalue weighted by Crippen LogP contribution is 2.18. The first-order valence-electron chi connectivity index (χ1n) is 9.07. The van der Waals surface area contributed by atoms with E-state index in [1.54, 1.807) is 0 Å². The summed E-state index contributed by atoms with van der Waals surface area (Å²) in [5.41, 5.74) is 7.79. The Bertz CT molecular complexity index is 631. The van der Waals surface area contributed by atoms with Crippen LogP contribution in [0.3, 0.4) is 0 Å². The fourth-order valence-corrected chi connectivity index (χ4v) is 2.90. The molecular formula is C21H28N2OS. The van der Waals surface area contributed by atoms with Crippen molar-refractivity contribution >= 4 is 23.0 Å². The largest absolute Gasteiger partial charge is 0.494 e. The predicted molar refractivity (Wildman–Crippen MR) is 110 cm³/mol. The van der Waals surface area contributed by atoms with E-state index < -0.39 is 0 Å². The minimum atomic E-state index is 0.268. The van der Waals surface area contributed by atoms with E-state index >= 15 is 0 Å². The lowest BCUT2D eigenvalue weighted by Crippen LogP contribution is -2.18. The maximum Gasteiger partial charge on any atom is 0.168 e. The first-order chi connectivity index (χ1) is 12.2. The van der Waals surface area contributed by atoms with Crippen LogP contribution in [0.25, 0.3) is 0 Å². The van der Waals surface area contributed by atoms with Gasteiger partial charge in [0.15, 0.2) is 5.11 Å². The summed E-state index contributed by atoms with van der Waals surface area (Å²) in [4.78, 5) is 0. The zero-order valence-corrected chi connectivity index (χ0v) is 15.6. The number of nitrogens with one attached hydrogen (secondary N) is 1. The molecule has 25 heavy (non-hydrogen) atoms. The number of thiocarbonyl (C=S) groups is 1. The van der Waals surface area contributed by atoms with E-state index in [1.165, 1.54) is 44.1 Å². The van der Waals surface area contributed by atoms with Gasteiger partial charge in [-0.3, -0.25) is 0 Å². The summed E-state index contributed by atoms with van der Waals surface area (Å²) in [6.45, 7) is 0.751. The van der Waals surface area contributed by atoms with E-state index in [9.17, 15) is 0 Å². The number of benzene rings is 2. The van der Waals surface area contributed by atoms with Gasteiger partial charge in [0.1, 0.15) is 5.75 Å². The molecule has 0 fully saturated rings. The monoisotopic (exact) mass is 356 g/mol. The molecule has 0 heterocycles. The van der Waals surface area contributed by atoms with Crippen LogP contribution in [0.1, 0.15) is 44.1 Å². The summed E-state index contributed by atoms with van der Waals surface area (Å²) in [6, 6.07) is 18.5. The van der Waals surface area contributed by atoms with Gasteiger partial charge in [0.25, 0.3) is 0 Å². The minimum absolute atomic E-state index is 0.268. The van der Waals surface area contributed by atoms with Crippen molar-refractivity contribution in [3.8, 4) is 5.75 Å². The summed E-state index contributed by atoms with van der Waals surface area (Å²) in [6.07, 6.45) is 8.68. The Morgan fingerprint density at radius 2 is 1.60 bits per heavy atom. The average Bonchev–Trinajstić information content (AvgIpc) is 2.61. The molecule has 2 aromatic rings. The van der Waals surface area contributed by atoms with E-state index in [0.717, 1.165) is 24.5 Å². The van der Waals surface area contributed by atoms with Crippen LogP contribution in [-0.2, 0) is 6.42 Å². The standard InChI is InChI=1S/C21H28N2OS/c22-21(25)23-19-14-10-15-20(17-19)24-16-9-4-2-1-3-6-11-18-12-7-5-8-13-18/h5,7-8,10,12-15,17H,1-4,6,9,11,16H2,(H3,22,23,25). The molecular weight excluding hydrogens is 328 g/mol. The maximum atomic E-state index is 5.79. The van der Waals surface area contributed by atoms with Gasteiger partial charge in [-0.05, 0) is 49.2 Å². The number of anilines is 1. The van der Waals surface area contributed by atoms with Crippen LogP contribution < -0.4 is 15.8 Å². The summed E-state index contributed by atoms with van der Waals surface area (Å²) in [7, 11) is 0. The van der Waals surface area contributed by atoms with E-state index in [4.69, 9.17) is 22.7 Å². The molecule has 0 aliphatic heterocycles. The molecule has 3 nitrogen and oxygen atoms in total. The van der Waals surface area contributed by atoms with Gasteiger partial charge in [0, 0.05) is 11.8 Å².